The summed E-state index contributed by atoms with van der Waals surface area (Å²) in [5.74, 6) is -1.14. The second-order valence-electron chi connectivity index (χ2n) is 5.90. The largest absolute Gasteiger partial charge is 0.492 e. The zero-order valence-electron chi connectivity index (χ0n) is 15.1. The topological polar surface area (TPSA) is 114 Å². The van der Waals surface area contributed by atoms with E-state index in [1.165, 1.54) is 0 Å². The van der Waals surface area contributed by atoms with Gasteiger partial charge in [-0.15, -0.1) is 0 Å². The monoisotopic (exact) mass is 492 g/mol. The van der Waals surface area contributed by atoms with E-state index >= 15 is 0 Å². The number of carbonyl (C=O) groups is 2. The Hall–Kier alpha value is -2.63. The fourth-order valence-corrected chi connectivity index (χ4v) is 4.96. The van der Waals surface area contributed by atoms with Crippen molar-refractivity contribution in [2.45, 2.75) is 13.8 Å². The van der Waals surface area contributed by atoms with E-state index in [0.29, 0.717) is 41.9 Å². The van der Waals surface area contributed by atoms with Crippen LogP contribution in [0.25, 0.3) is 5.57 Å². The van der Waals surface area contributed by atoms with Crippen molar-refractivity contribution in [3.05, 3.63) is 48.7 Å². The van der Waals surface area contributed by atoms with Gasteiger partial charge in [-0.25, -0.2) is 14.8 Å². The van der Waals surface area contributed by atoms with Crippen molar-refractivity contribution in [3.8, 4) is 5.88 Å². The molecule has 0 fully saturated rings. The molecule has 0 spiro atoms. The molecule has 3 aromatic rings. The molecule has 4 rings (SSSR count). The first-order valence-corrected chi connectivity index (χ1v) is 10.8. The minimum Gasteiger partial charge on any atom is -0.492 e. The number of rotatable bonds is 5. The van der Waals surface area contributed by atoms with Gasteiger partial charge in [-0.3, -0.25) is 4.79 Å². The maximum atomic E-state index is 12.4. The van der Waals surface area contributed by atoms with Gasteiger partial charge in [0.1, 0.15) is 9.75 Å². The van der Waals surface area contributed by atoms with Gasteiger partial charge in [-0.2, -0.15) is 4.98 Å². The molecule has 0 bridgehead atoms. The molecule has 1 aromatic carbocycles. The lowest BCUT2D eigenvalue weighted by molar-refractivity contribution is -0.112. The molecule has 0 radical (unpaired) electrons. The van der Waals surface area contributed by atoms with Gasteiger partial charge in [0.05, 0.1) is 23.2 Å². The van der Waals surface area contributed by atoms with Crippen LogP contribution in [0.2, 0.25) is 0 Å². The molecule has 8 nitrogen and oxygen atoms in total. The lowest BCUT2D eigenvalue weighted by atomic mass is 10.1. The molecule has 1 aliphatic rings. The van der Waals surface area contributed by atoms with Crippen LogP contribution in [0.4, 0.5) is 10.3 Å². The van der Waals surface area contributed by atoms with Crippen molar-refractivity contribution in [3.63, 3.8) is 0 Å². The number of nitrogens with one attached hydrogen (secondary N) is 1. The third kappa shape index (κ3) is 3.68. The van der Waals surface area contributed by atoms with E-state index in [1.807, 2.05) is 0 Å². The normalized spacial score (nSPS) is 12.7. The summed E-state index contributed by atoms with van der Waals surface area (Å²) in [5, 5.41) is 15.3. The number of amides is 1. The van der Waals surface area contributed by atoms with E-state index in [4.69, 9.17) is 4.74 Å². The summed E-state index contributed by atoms with van der Waals surface area (Å²) in [6, 6.07) is 5.31. The van der Waals surface area contributed by atoms with Crippen LogP contribution in [-0.4, -0.2) is 33.6 Å². The molecule has 0 aliphatic carbocycles. The zero-order chi connectivity index (χ0) is 20.7. The summed E-state index contributed by atoms with van der Waals surface area (Å²) in [6.07, 6.45) is 0. The van der Waals surface area contributed by atoms with Gasteiger partial charge >= 0.3 is 5.97 Å². The van der Waals surface area contributed by atoms with Crippen LogP contribution >= 0.6 is 38.6 Å². The number of benzene rings is 1. The maximum absolute atomic E-state index is 12.4. The molecule has 0 atom stereocenters. The van der Waals surface area contributed by atoms with E-state index < -0.39 is 11.9 Å². The van der Waals surface area contributed by atoms with Crippen LogP contribution in [0.3, 0.4) is 0 Å². The highest BCUT2D eigenvalue weighted by molar-refractivity contribution is 9.10. The number of aryl methyl sites for hydroxylation is 1. The molecule has 3 heterocycles. The van der Waals surface area contributed by atoms with E-state index in [9.17, 15) is 14.7 Å². The molecule has 11 heteroatoms. The molecule has 1 aliphatic heterocycles. The highest BCUT2D eigenvalue weighted by Gasteiger charge is 2.25. The third-order valence-electron chi connectivity index (χ3n) is 3.97. The number of thiazole rings is 2. The first-order chi connectivity index (χ1) is 13.9. The molecular formula is C18H13BrN4O4S2. The lowest BCUT2D eigenvalue weighted by Crippen LogP contribution is -2.22. The van der Waals surface area contributed by atoms with Crippen LogP contribution in [-0.2, 0) is 9.53 Å². The number of aromatic hydroxyl groups is 1. The van der Waals surface area contributed by atoms with E-state index in [2.05, 4.69) is 36.2 Å². The van der Waals surface area contributed by atoms with Crippen molar-refractivity contribution in [1.29, 1.82) is 0 Å². The summed E-state index contributed by atoms with van der Waals surface area (Å²) in [7, 11) is 0. The van der Waals surface area contributed by atoms with Crippen molar-refractivity contribution in [2.75, 3.05) is 11.9 Å². The third-order valence-corrected chi connectivity index (χ3v) is 6.50. The second-order valence-corrected chi connectivity index (χ2v) is 8.82. The Morgan fingerprint density at radius 2 is 2.03 bits per heavy atom. The standard InChI is InChI=1S/C18H13BrN4O4S2/c1-3-27-16(26)12-7(2)20-17(28-12)23-18-22-15(25)13(29-18)11-9-6-8(19)4-5-10(9)21-14(11)24/h4-6,25H,3H2,1-2H3,(H,20,22,23). The van der Waals surface area contributed by atoms with E-state index in [1.54, 1.807) is 32.0 Å². The maximum Gasteiger partial charge on any atom is 0.350 e. The SMILES string of the molecule is CCOC(=O)c1sc(Nc2nc(O)c(C3=c4cc(Br)ccc4=NC3=O)s2)nc1C. The van der Waals surface area contributed by atoms with Crippen molar-refractivity contribution >= 4 is 66.3 Å². The van der Waals surface area contributed by atoms with Gasteiger partial charge in [-0.1, -0.05) is 38.6 Å². The molecule has 148 valence electrons. The highest BCUT2D eigenvalue weighted by atomic mass is 79.9. The molecular weight excluding hydrogens is 480 g/mol. The average molecular weight is 493 g/mol. The van der Waals surface area contributed by atoms with E-state index in [-0.39, 0.29) is 12.5 Å². The Labute approximate surface area is 180 Å². The van der Waals surface area contributed by atoms with Gasteiger partial charge < -0.3 is 15.2 Å². The number of hydrogen-bond donors (Lipinski definition) is 2. The summed E-state index contributed by atoms with van der Waals surface area (Å²) in [4.78, 5) is 37.5. The Bertz CT molecular complexity index is 1280. The smallest absolute Gasteiger partial charge is 0.350 e. The number of esters is 1. The van der Waals surface area contributed by atoms with E-state index in [0.717, 1.165) is 27.1 Å². The van der Waals surface area contributed by atoms with Crippen LogP contribution in [0.5, 0.6) is 5.88 Å². The Kier molecular flexibility index (Phi) is 5.19. The number of aromatic nitrogens is 2. The number of halogens is 1. The predicted octanol–water partition coefficient (Wildman–Crippen LogP) is 2.66. The Morgan fingerprint density at radius 3 is 2.79 bits per heavy atom. The molecule has 0 unspecified atom stereocenters. The number of hydrogen-bond acceptors (Lipinski definition) is 9. The fraction of sp³-hybridized carbons (Fsp3) is 0.167. The molecule has 0 saturated heterocycles. The van der Waals surface area contributed by atoms with Crippen molar-refractivity contribution < 1.29 is 19.4 Å². The van der Waals surface area contributed by atoms with Crippen molar-refractivity contribution in [1.82, 2.24) is 9.97 Å². The average Bonchev–Trinajstić information content (AvgIpc) is 3.29. The number of fused-ring (bicyclic) bond motifs is 1. The minimum absolute atomic E-state index is 0.275. The van der Waals surface area contributed by atoms with Gasteiger partial charge in [0.25, 0.3) is 5.91 Å². The Balaban J connectivity index is 1.69. The molecule has 0 saturated carbocycles. The van der Waals surface area contributed by atoms with Gasteiger partial charge in [0.2, 0.25) is 5.88 Å². The molecule has 29 heavy (non-hydrogen) atoms. The van der Waals surface area contributed by atoms with Gasteiger partial charge in [-0.05, 0) is 32.0 Å². The minimum atomic E-state index is -0.436. The molecule has 2 aromatic heterocycles. The first-order valence-electron chi connectivity index (χ1n) is 8.42. The number of ether oxygens (including phenoxy) is 1. The second kappa shape index (κ2) is 7.65. The molecule has 2 N–H and O–H groups in total. The zero-order valence-corrected chi connectivity index (χ0v) is 18.4. The van der Waals surface area contributed by atoms with Crippen LogP contribution in [0.1, 0.15) is 27.2 Å². The molecule has 1 amide bonds. The van der Waals surface area contributed by atoms with Gasteiger partial charge in [0, 0.05) is 9.69 Å². The highest BCUT2D eigenvalue weighted by Crippen LogP contribution is 2.36. The Morgan fingerprint density at radius 1 is 1.28 bits per heavy atom. The summed E-state index contributed by atoms with van der Waals surface area (Å²) in [6.45, 7) is 3.72. The van der Waals surface area contributed by atoms with Crippen LogP contribution in [0.15, 0.2) is 27.7 Å². The summed E-state index contributed by atoms with van der Waals surface area (Å²) < 4.78 is 5.81. The van der Waals surface area contributed by atoms with Crippen LogP contribution < -0.4 is 15.9 Å². The fourth-order valence-electron chi connectivity index (χ4n) is 2.76. The predicted molar refractivity (Wildman–Crippen MR) is 112 cm³/mol. The number of nitrogens with zero attached hydrogens (tertiary/aromatic N) is 3. The number of anilines is 2. The summed E-state index contributed by atoms with van der Waals surface area (Å²) >= 11 is 5.62. The number of carbonyl (C=O) groups excluding carboxylic acids is 2. The first kappa shape index (κ1) is 19.7. The van der Waals surface area contributed by atoms with Crippen LogP contribution in [0, 0.1) is 6.92 Å². The quantitative estimate of drug-likeness (QED) is 0.526. The van der Waals surface area contributed by atoms with Crippen molar-refractivity contribution in [2.24, 2.45) is 4.99 Å². The summed E-state index contributed by atoms with van der Waals surface area (Å²) in [5.41, 5.74) is 0.835. The lowest BCUT2D eigenvalue weighted by Gasteiger charge is -1.97. The van der Waals surface area contributed by atoms with Gasteiger partial charge in [0.15, 0.2) is 10.3 Å².